The Morgan fingerprint density at radius 3 is 2.53 bits per heavy atom. The molecule has 0 saturated carbocycles. The highest BCUT2D eigenvalue weighted by Crippen LogP contribution is 2.32. The second-order valence-electron chi connectivity index (χ2n) is 5.37. The van der Waals surface area contributed by atoms with Gasteiger partial charge in [-0.15, -0.1) is 0 Å². The molecule has 2 saturated heterocycles. The number of aryl methyl sites for hydroxylation is 1. The maximum atomic E-state index is 4.42. The molecular formula is C13H20N4. The van der Waals surface area contributed by atoms with Gasteiger partial charge in [0.15, 0.2) is 0 Å². The van der Waals surface area contributed by atoms with E-state index >= 15 is 0 Å². The van der Waals surface area contributed by atoms with Crippen LogP contribution in [-0.2, 0) is 6.42 Å². The summed E-state index contributed by atoms with van der Waals surface area (Å²) in [5.74, 6) is 2.79. The van der Waals surface area contributed by atoms with Gasteiger partial charge in [-0.1, -0.05) is 6.92 Å². The number of aromatic nitrogens is 2. The summed E-state index contributed by atoms with van der Waals surface area (Å²) in [6, 6.07) is 2.14. The molecule has 0 N–H and O–H groups in total. The number of hydrogen-bond donors (Lipinski definition) is 0. The van der Waals surface area contributed by atoms with Crippen LogP contribution in [0.1, 0.15) is 12.6 Å². The Hall–Kier alpha value is -1.16. The van der Waals surface area contributed by atoms with E-state index in [0.717, 1.165) is 42.9 Å². The van der Waals surface area contributed by atoms with Gasteiger partial charge in [-0.2, -0.15) is 0 Å². The standard InChI is InChI=1S/C13H20N4/c1-3-12-4-13(15-9-14-12)17-7-10-5-16(2)6-11(10)8-17/h4,9-11H,3,5-8H2,1-2H3. The van der Waals surface area contributed by atoms with E-state index in [1.807, 2.05) is 0 Å². The molecule has 2 aliphatic heterocycles. The molecule has 2 atom stereocenters. The summed E-state index contributed by atoms with van der Waals surface area (Å²) in [7, 11) is 2.22. The Labute approximate surface area is 103 Å². The summed E-state index contributed by atoms with van der Waals surface area (Å²) in [5.41, 5.74) is 1.14. The van der Waals surface area contributed by atoms with Crippen LogP contribution in [0.25, 0.3) is 0 Å². The molecule has 3 rings (SSSR count). The maximum absolute atomic E-state index is 4.42. The van der Waals surface area contributed by atoms with Gasteiger partial charge in [0.2, 0.25) is 0 Å². The number of nitrogens with zero attached hydrogens (tertiary/aromatic N) is 4. The topological polar surface area (TPSA) is 32.3 Å². The highest BCUT2D eigenvalue weighted by molar-refractivity contribution is 5.41. The summed E-state index contributed by atoms with van der Waals surface area (Å²) < 4.78 is 0. The fourth-order valence-electron chi connectivity index (χ4n) is 3.17. The van der Waals surface area contributed by atoms with Crippen LogP contribution < -0.4 is 4.90 Å². The van der Waals surface area contributed by atoms with Crippen molar-refractivity contribution in [1.82, 2.24) is 14.9 Å². The smallest absolute Gasteiger partial charge is 0.132 e. The Balaban J connectivity index is 1.74. The predicted octanol–water partition coefficient (Wildman–Crippen LogP) is 1.04. The van der Waals surface area contributed by atoms with Gasteiger partial charge in [-0.3, -0.25) is 0 Å². The van der Waals surface area contributed by atoms with Crippen LogP contribution in [0.3, 0.4) is 0 Å². The van der Waals surface area contributed by atoms with E-state index in [4.69, 9.17) is 0 Å². The Kier molecular flexibility index (Phi) is 2.74. The van der Waals surface area contributed by atoms with E-state index in [9.17, 15) is 0 Å². The fraction of sp³-hybridized carbons (Fsp3) is 0.692. The zero-order valence-electron chi connectivity index (χ0n) is 10.6. The predicted molar refractivity (Wildman–Crippen MR) is 68.1 cm³/mol. The van der Waals surface area contributed by atoms with Crippen molar-refractivity contribution in [3.8, 4) is 0 Å². The molecule has 0 aliphatic carbocycles. The molecule has 0 amide bonds. The minimum Gasteiger partial charge on any atom is -0.356 e. The van der Waals surface area contributed by atoms with Gasteiger partial charge in [0.1, 0.15) is 12.1 Å². The number of likely N-dealkylation sites (tertiary alicyclic amines) is 1. The average molecular weight is 232 g/mol. The first-order valence-electron chi connectivity index (χ1n) is 6.50. The Morgan fingerprint density at radius 1 is 1.18 bits per heavy atom. The van der Waals surface area contributed by atoms with Crippen molar-refractivity contribution in [3.63, 3.8) is 0 Å². The third-order valence-corrected chi connectivity index (χ3v) is 4.06. The molecule has 4 heteroatoms. The summed E-state index contributed by atoms with van der Waals surface area (Å²) in [4.78, 5) is 13.6. The third-order valence-electron chi connectivity index (χ3n) is 4.06. The molecule has 0 spiro atoms. The Morgan fingerprint density at radius 2 is 1.88 bits per heavy atom. The second-order valence-corrected chi connectivity index (χ2v) is 5.37. The summed E-state index contributed by atoms with van der Waals surface area (Å²) in [6.45, 7) is 6.95. The number of rotatable bonds is 2. The maximum Gasteiger partial charge on any atom is 0.132 e. The number of hydrogen-bond acceptors (Lipinski definition) is 4. The van der Waals surface area contributed by atoms with Crippen molar-refractivity contribution in [2.45, 2.75) is 13.3 Å². The highest BCUT2D eigenvalue weighted by Gasteiger charge is 2.39. The van der Waals surface area contributed by atoms with E-state index in [0.29, 0.717) is 0 Å². The zero-order chi connectivity index (χ0) is 11.8. The summed E-state index contributed by atoms with van der Waals surface area (Å²) in [5, 5.41) is 0. The SMILES string of the molecule is CCc1cc(N2CC3CN(C)CC3C2)ncn1. The number of anilines is 1. The van der Waals surface area contributed by atoms with Gasteiger partial charge in [0.25, 0.3) is 0 Å². The lowest BCUT2D eigenvalue weighted by molar-refractivity contribution is 0.387. The molecule has 17 heavy (non-hydrogen) atoms. The second kappa shape index (κ2) is 4.26. The van der Waals surface area contributed by atoms with Crippen molar-refractivity contribution in [2.24, 2.45) is 11.8 Å². The molecule has 2 fully saturated rings. The monoisotopic (exact) mass is 232 g/mol. The lowest BCUT2D eigenvalue weighted by Gasteiger charge is -2.20. The first-order chi connectivity index (χ1) is 8.26. The normalized spacial score (nSPS) is 28.7. The van der Waals surface area contributed by atoms with Crippen molar-refractivity contribution >= 4 is 5.82 Å². The van der Waals surface area contributed by atoms with Crippen LogP contribution in [0.4, 0.5) is 5.82 Å². The molecule has 1 aromatic rings. The van der Waals surface area contributed by atoms with E-state index in [-0.39, 0.29) is 0 Å². The van der Waals surface area contributed by atoms with Crippen LogP contribution in [0.2, 0.25) is 0 Å². The highest BCUT2D eigenvalue weighted by atomic mass is 15.3. The Bertz CT molecular complexity index is 392. The van der Waals surface area contributed by atoms with Crippen LogP contribution in [0, 0.1) is 11.8 Å². The summed E-state index contributed by atoms with van der Waals surface area (Å²) in [6.07, 6.45) is 2.69. The molecule has 0 aromatic carbocycles. The minimum absolute atomic E-state index is 0.833. The van der Waals surface area contributed by atoms with E-state index in [2.05, 4.69) is 39.8 Å². The van der Waals surface area contributed by atoms with E-state index in [1.165, 1.54) is 13.1 Å². The average Bonchev–Trinajstić information content (AvgIpc) is 2.86. The quantitative estimate of drug-likeness (QED) is 0.762. The van der Waals surface area contributed by atoms with Crippen molar-refractivity contribution in [3.05, 3.63) is 18.1 Å². The van der Waals surface area contributed by atoms with Crippen LogP contribution in [-0.4, -0.2) is 48.1 Å². The minimum atomic E-state index is 0.833. The van der Waals surface area contributed by atoms with Gasteiger partial charge in [-0.25, -0.2) is 9.97 Å². The van der Waals surface area contributed by atoms with Crippen molar-refractivity contribution < 1.29 is 0 Å². The lowest BCUT2D eigenvalue weighted by atomic mass is 10.0. The third kappa shape index (κ3) is 2.02. The largest absolute Gasteiger partial charge is 0.356 e. The van der Waals surface area contributed by atoms with E-state index < -0.39 is 0 Å². The molecule has 0 radical (unpaired) electrons. The lowest BCUT2D eigenvalue weighted by Crippen LogP contribution is -2.27. The molecule has 92 valence electrons. The van der Waals surface area contributed by atoms with Gasteiger partial charge in [-0.05, 0) is 25.3 Å². The fourth-order valence-corrected chi connectivity index (χ4v) is 3.17. The van der Waals surface area contributed by atoms with Gasteiger partial charge in [0.05, 0.1) is 0 Å². The van der Waals surface area contributed by atoms with Crippen LogP contribution >= 0.6 is 0 Å². The van der Waals surface area contributed by atoms with Crippen LogP contribution in [0.5, 0.6) is 0 Å². The first kappa shape index (κ1) is 11.0. The summed E-state index contributed by atoms with van der Waals surface area (Å²) >= 11 is 0. The van der Waals surface area contributed by atoms with Gasteiger partial charge < -0.3 is 9.80 Å². The zero-order valence-corrected chi connectivity index (χ0v) is 10.6. The van der Waals surface area contributed by atoms with Gasteiger partial charge in [0, 0.05) is 37.9 Å². The number of fused-ring (bicyclic) bond motifs is 1. The molecular weight excluding hydrogens is 212 g/mol. The molecule has 0 bridgehead atoms. The molecule has 1 aromatic heterocycles. The van der Waals surface area contributed by atoms with E-state index in [1.54, 1.807) is 6.33 Å². The van der Waals surface area contributed by atoms with Gasteiger partial charge >= 0.3 is 0 Å². The first-order valence-corrected chi connectivity index (χ1v) is 6.50. The van der Waals surface area contributed by atoms with Crippen LogP contribution in [0.15, 0.2) is 12.4 Å². The van der Waals surface area contributed by atoms with Crippen molar-refractivity contribution in [1.29, 1.82) is 0 Å². The molecule has 3 heterocycles. The molecule has 2 unspecified atom stereocenters. The van der Waals surface area contributed by atoms with Crippen molar-refractivity contribution in [2.75, 3.05) is 38.1 Å². The molecule has 4 nitrogen and oxygen atoms in total. The molecule has 2 aliphatic rings.